The number of nitrogens with zero attached hydrogens (tertiary/aromatic N) is 2. The van der Waals surface area contributed by atoms with Gasteiger partial charge in [0, 0.05) is 39.0 Å². The summed E-state index contributed by atoms with van der Waals surface area (Å²) in [6, 6.07) is 2.56. The summed E-state index contributed by atoms with van der Waals surface area (Å²) in [7, 11) is 1.74. The molecule has 0 amide bonds. The Bertz CT molecular complexity index is 428. The average Bonchev–Trinajstić information content (AvgIpc) is 2.47. The number of anilines is 1. The van der Waals surface area contributed by atoms with Gasteiger partial charge in [-0.2, -0.15) is 0 Å². The van der Waals surface area contributed by atoms with Gasteiger partial charge in [0.1, 0.15) is 5.82 Å². The van der Waals surface area contributed by atoms with Gasteiger partial charge < -0.3 is 15.0 Å². The van der Waals surface area contributed by atoms with Gasteiger partial charge in [-0.25, -0.2) is 4.98 Å². The molecule has 1 N–H and O–H groups in total. The van der Waals surface area contributed by atoms with Crippen molar-refractivity contribution in [1.29, 1.82) is 0 Å². The number of nitrogens with one attached hydrogen (secondary N) is 1. The Labute approximate surface area is 130 Å². The van der Waals surface area contributed by atoms with Crippen molar-refractivity contribution in [3.63, 3.8) is 0 Å². The highest BCUT2D eigenvalue weighted by Gasteiger charge is 2.25. The lowest BCUT2D eigenvalue weighted by Crippen LogP contribution is -2.46. The number of methoxy groups -OCH3 is 1. The molecule has 0 saturated carbocycles. The molecule has 0 bridgehead atoms. The third-order valence-electron chi connectivity index (χ3n) is 3.83. The maximum absolute atomic E-state index is 5.08. The molecule has 112 valence electrons. The Morgan fingerprint density at radius 3 is 3.15 bits per heavy atom. The van der Waals surface area contributed by atoms with Crippen LogP contribution in [-0.4, -0.2) is 44.4 Å². The molecule has 1 aromatic rings. The number of ether oxygens (including phenoxy) is 1. The molecule has 5 heteroatoms. The number of halogens is 1. The predicted molar refractivity (Wildman–Crippen MR) is 86.4 cm³/mol. The van der Waals surface area contributed by atoms with Crippen molar-refractivity contribution in [1.82, 2.24) is 10.3 Å². The topological polar surface area (TPSA) is 37.4 Å². The molecule has 1 fully saturated rings. The summed E-state index contributed by atoms with van der Waals surface area (Å²) >= 11 is 3.69. The Morgan fingerprint density at radius 1 is 1.50 bits per heavy atom. The van der Waals surface area contributed by atoms with E-state index in [1.165, 1.54) is 24.8 Å². The quantitative estimate of drug-likeness (QED) is 0.807. The summed E-state index contributed by atoms with van der Waals surface area (Å²) in [6.45, 7) is 5.87. The van der Waals surface area contributed by atoms with E-state index in [9.17, 15) is 0 Å². The summed E-state index contributed by atoms with van der Waals surface area (Å²) in [5, 5.41) is 3.48. The van der Waals surface area contributed by atoms with Crippen molar-refractivity contribution in [2.24, 2.45) is 0 Å². The molecule has 20 heavy (non-hydrogen) atoms. The number of rotatable bonds is 6. The highest BCUT2D eigenvalue weighted by atomic mass is 79.9. The van der Waals surface area contributed by atoms with Crippen LogP contribution in [0.3, 0.4) is 0 Å². The molecule has 0 aliphatic carbocycles. The minimum atomic E-state index is 0.520. The van der Waals surface area contributed by atoms with E-state index in [4.69, 9.17) is 4.74 Å². The Morgan fingerprint density at radius 2 is 2.35 bits per heavy atom. The van der Waals surface area contributed by atoms with E-state index in [0.717, 1.165) is 36.5 Å². The molecular weight excluding hydrogens is 318 g/mol. The second kappa shape index (κ2) is 7.96. The van der Waals surface area contributed by atoms with Gasteiger partial charge in [-0.15, -0.1) is 0 Å². The van der Waals surface area contributed by atoms with Crippen molar-refractivity contribution in [3.8, 4) is 0 Å². The largest absolute Gasteiger partial charge is 0.383 e. The molecule has 1 saturated heterocycles. The lowest BCUT2D eigenvalue weighted by molar-refractivity contribution is 0.198. The van der Waals surface area contributed by atoms with Crippen molar-refractivity contribution >= 4 is 21.7 Å². The van der Waals surface area contributed by atoms with Crippen LogP contribution < -0.4 is 10.2 Å². The minimum Gasteiger partial charge on any atom is -0.383 e. The molecule has 1 aliphatic heterocycles. The van der Waals surface area contributed by atoms with Crippen molar-refractivity contribution < 1.29 is 4.74 Å². The molecule has 0 aromatic carbocycles. The van der Waals surface area contributed by atoms with Crippen LogP contribution in [-0.2, 0) is 4.74 Å². The van der Waals surface area contributed by atoms with Gasteiger partial charge in [0.2, 0.25) is 0 Å². The number of hydrogen-bond acceptors (Lipinski definition) is 4. The molecule has 2 rings (SSSR count). The first-order chi connectivity index (χ1) is 9.74. The summed E-state index contributed by atoms with van der Waals surface area (Å²) in [4.78, 5) is 7.03. The fourth-order valence-electron chi connectivity index (χ4n) is 2.66. The maximum atomic E-state index is 5.08. The fourth-order valence-corrected chi connectivity index (χ4v) is 3.12. The zero-order valence-electron chi connectivity index (χ0n) is 12.4. The lowest BCUT2D eigenvalue weighted by atomic mass is 10.0. The van der Waals surface area contributed by atoms with Gasteiger partial charge in [-0.05, 0) is 53.7 Å². The fraction of sp³-hybridized carbons (Fsp3) is 0.667. The van der Waals surface area contributed by atoms with Crippen LogP contribution in [0.5, 0.6) is 0 Å². The van der Waals surface area contributed by atoms with Gasteiger partial charge in [-0.3, -0.25) is 0 Å². The summed E-state index contributed by atoms with van der Waals surface area (Å²) in [5.74, 6) is 1.09. The Kier molecular flexibility index (Phi) is 6.26. The zero-order chi connectivity index (χ0) is 14.4. The number of aromatic nitrogens is 1. The van der Waals surface area contributed by atoms with Gasteiger partial charge in [0.05, 0.1) is 11.1 Å². The number of pyridine rings is 1. The molecule has 1 atom stereocenters. The first-order valence-corrected chi connectivity index (χ1v) is 8.10. The minimum absolute atomic E-state index is 0.520. The van der Waals surface area contributed by atoms with Gasteiger partial charge in [0.25, 0.3) is 0 Å². The molecule has 4 nitrogen and oxygen atoms in total. The van der Waals surface area contributed by atoms with E-state index in [2.05, 4.69) is 38.1 Å². The lowest BCUT2D eigenvalue weighted by Gasteiger charge is -2.37. The third-order valence-corrected chi connectivity index (χ3v) is 4.81. The summed E-state index contributed by atoms with van der Waals surface area (Å²) in [5.41, 5.74) is 1.24. The molecule has 0 radical (unpaired) electrons. The highest BCUT2D eigenvalue weighted by Crippen LogP contribution is 2.31. The van der Waals surface area contributed by atoms with Gasteiger partial charge in [0.15, 0.2) is 0 Å². The number of piperidine rings is 1. The summed E-state index contributed by atoms with van der Waals surface area (Å²) in [6.07, 6.45) is 5.68. The second-order valence-corrected chi connectivity index (χ2v) is 6.10. The van der Waals surface area contributed by atoms with E-state index in [0.29, 0.717) is 6.04 Å². The molecule has 1 aromatic heterocycles. The number of aryl methyl sites for hydroxylation is 1. The third kappa shape index (κ3) is 3.93. The van der Waals surface area contributed by atoms with Crippen molar-refractivity contribution in [2.75, 3.05) is 38.3 Å². The number of hydrogen-bond donors (Lipinski definition) is 1. The van der Waals surface area contributed by atoms with E-state index in [1.54, 1.807) is 7.11 Å². The molecule has 1 aliphatic rings. The standard InChI is InChI=1S/C15H24BrN3O/c1-12-6-7-18-15(14(12)16)19-9-4-3-5-13(19)11-17-8-10-20-2/h6-7,13,17H,3-5,8-11H2,1-2H3. The van der Waals surface area contributed by atoms with Crippen molar-refractivity contribution in [3.05, 3.63) is 22.3 Å². The molecular formula is C15H24BrN3O. The first kappa shape index (κ1) is 15.7. The van der Waals surface area contributed by atoms with Crippen LogP contribution in [0, 0.1) is 6.92 Å². The van der Waals surface area contributed by atoms with E-state index < -0.39 is 0 Å². The SMILES string of the molecule is COCCNCC1CCCCN1c1nccc(C)c1Br. The first-order valence-electron chi connectivity index (χ1n) is 7.31. The van der Waals surface area contributed by atoms with Crippen LogP contribution in [0.1, 0.15) is 24.8 Å². The Balaban J connectivity index is 2.04. The molecule has 1 unspecified atom stereocenters. The zero-order valence-corrected chi connectivity index (χ0v) is 13.9. The van der Waals surface area contributed by atoms with Crippen LogP contribution in [0.15, 0.2) is 16.7 Å². The van der Waals surface area contributed by atoms with Crippen LogP contribution >= 0.6 is 15.9 Å². The monoisotopic (exact) mass is 341 g/mol. The van der Waals surface area contributed by atoms with E-state index >= 15 is 0 Å². The molecule has 2 heterocycles. The van der Waals surface area contributed by atoms with Crippen LogP contribution in [0.2, 0.25) is 0 Å². The second-order valence-electron chi connectivity index (χ2n) is 5.31. The molecule has 0 spiro atoms. The predicted octanol–water partition coefficient (Wildman–Crippen LogP) is 2.75. The smallest absolute Gasteiger partial charge is 0.143 e. The highest BCUT2D eigenvalue weighted by molar-refractivity contribution is 9.10. The van der Waals surface area contributed by atoms with E-state index in [-0.39, 0.29) is 0 Å². The van der Waals surface area contributed by atoms with Crippen molar-refractivity contribution in [2.45, 2.75) is 32.2 Å². The van der Waals surface area contributed by atoms with E-state index in [1.807, 2.05) is 12.3 Å². The van der Waals surface area contributed by atoms with Gasteiger partial charge >= 0.3 is 0 Å². The normalized spacial score (nSPS) is 19.4. The maximum Gasteiger partial charge on any atom is 0.143 e. The Hall–Kier alpha value is -0.650. The van der Waals surface area contributed by atoms with Crippen LogP contribution in [0.25, 0.3) is 0 Å². The van der Waals surface area contributed by atoms with Gasteiger partial charge in [-0.1, -0.05) is 0 Å². The van der Waals surface area contributed by atoms with Crippen LogP contribution in [0.4, 0.5) is 5.82 Å². The summed E-state index contributed by atoms with van der Waals surface area (Å²) < 4.78 is 6.21. The average molecular weight is 342 g/mol.